The van der Waals surface area contributed by atoms with E-state index >= 15 is 0 Å². The number of aliphatic hydroxyl groups is 1. The predicted molar refractivity (Wildman–Crippen MR) is 64.5 cm³/mol. The van der Waals surface area contributed by atoms with Gasteiger partial charge in [-0.3, -0.25) is 0 Å². The Labute approximate surface area is 95.6 Å². The normalized spacial score (nSPS) is 13.1. The zero-order valence-electron chi connectivity index (χ0n) is 9.71. The Bertz CT molecular complexity index is 279. The molecule has 86 valence electrons. The van der Waals surface area contributed by atoms with Crippen LogP contribution in [0.3, 0.4) is 0 Å². The van der Waals surface area contributed by atoms with Crippen LogP contribution in [-0.2, 0) is 6.42 Å². The van der Waals surface area contributed by atoms with E-state index < -0.39 is 0 Å². The Morgan fingerprint density at radius 1 is 1.47 bits per heavy atom. The van der Waals surface area contributed by atoms with Crippen LogP contribution < -0.4 is 5.32 Å². The van der Waals surface area contributed by atoms with Crippen LogP contribution in [0.15, 0.2) is 0 Å². The van der Waals surface area contributed by atoms with Gasteiger partial charge in [0.1, 0.15) is 0 Å². The first-order valence-corrected chi connectivity index (χ1v) is 6.26. The molecule has 0 aliphatic rings. The molecular weight excluding hydrogens is 208 g/mol. The fraction of sp³-hybridized carbons (Fsp3) is 0.727. The van der Waals surface area contributed by atoms with Gasteiger partial charge in [-0.1, -0.05) is 6.92 Å². The summed E-state index contributed by atoms with van der Waals surface area (Å²) < 4.78 is 0. The molecule has 1 aromatic rings. The number of nitrogens with one attached hydrogen (secondary N) is 1. The van der Waals surface area contributed by atoms with Crippen molar-refractivity contribution in [1.82, 2.24) is 10.3 Å². The highest BCUT2D eigenvalue weighted by Crippen LogP contribution is 2.17. The highest BCUT2D eigenvalue weighted by atomic mass is 32.1. The van der Waals surface area contributed by atoms with Gasteiger partial charge in [0.2, 0.25) is 0 Å². The largest absolute Gasteiger partial charge is 0.391 e. The summed E-state index contributed by atoms with van der Waals surface area (Å²) in [5.41, 5.74) is 1.09. The van der Waals surface area contributed by atoms with Crippen LogP contribution in [0.5, 0.6) is 0 Å². The van der Waals surface area contributed by atoms with E-state index in [2.05, 4.69) is 24.1 Å². The average Bonchev–Trinajstić information content (AvgIpc) is 2.46. The molecule has 1 atom stereocenters. The molecule has 0 saturated carbocycles. The van der Waals surface area contributed by atoms with E-state index in [0.29, 0.717) is 13.0 Å². The number of aryl methyl sites for hydroxylation is 2. The quantitative estimate of drug-likeness (QED) is 0.728. The van der Waals surface area contributed by atoms with Crippen molar-refractivity contribution in [2.24, 2.45) is 0 Å². The van der Waals surface area contributed by atoms with Crippen LogP contribution in [0.1, 0.15) is 28.9 Å². The second-order valence-electron chi connectivity index (χ2n) is 3.81. The lowest BCUT2D eigenvalue weighted by Crippen LogP contribution is -2.28. The number of nitrogens with zero attached hydrogens (tertiary/aromatic N) is 1. The molecule has 0 spiro atoms. The first kappa shape index (κ1) is 12.6. The van der Waals surface area contributed by atoms with Gasteiger partial charge in [-0.05, 0) is 26.8 Å². The van der Waals surface area contributed by atoms with E-state index in [4.69, 9.17) is 0 Å². The zero-order valence-corrected chi connectivity index (χ0v) is 10.5. The molecule has 0 aliphatic carbocycles. The van der Waals surface area contributed by atoms with Crippen LogP contribution in [0.25, 0.3) is 0 Å². The molecule has 0 aliphatic heterocycles. The summed E-state index contributed by atoms with van der Waals surface area (Å²) in [5.74, 6) is 0. The predicted octanol–water partition coefficient (Wildman–Crippen LogP) is 1.66. The molecule has 3 nitrogen and oxygen atoms in total. The highest BCUT2D eigenvalue weighted by molar-refractivity contribution is 7.11. The van der Waals surface area contributed by atoms with Crippen molar-refractivity contribution in [2.45, 2.75) is 39.7 Å². The number of hydrogen-bond acceptors (Lipinski definition) is 4. The van der Waals surface area contributed by atoms with E-state index in [1.54, 1.807) is 11.3 Å². The third kappa shape index (κ3) is 4.28. The Kier molecular flexibility index (Phi) is 5.22. The van der Waals surface area contributed by atoms with Crippen molar-refractivity contribution in [2.75, 3.05) is 13.1 Å². The summed E-state index contributed by atoms with van der Waals surface area (Å²) in [6, 6.07) is 0. The highest BCUT2D eigenvalue weighted by Gasteiger charge is 2.09. The standard InChI is InChI=1S/C11H20N2OS/c1-4-5-12-7-10(14)6-11-13-8(2)9(3)15-11/h10,12,14H,4-7H2,1-3H3. The summed E-state index contributed by atoms with van der Waals surface area (Å²) in [7, 11) is 0. The summed E-state index contributed by atoms with van der Waals surface area (Å²) in [5, 5.41) is 14.0. The molecule has 0 radical (unpaired) electrons. The molecule has 0 amide bonds. The van der Waals surface area contributed by atoms with Crippen molar-refractivity contribution >= 4 is 11.3 Å². The number of aliphatic hydroxyl groups excluding tert-OH is 1. The lowest BCUT2D eigenvalue weighted by atomic mass is 10.2. The number of aromatic nitrogens is 1. The van der Waals surface area contributed by atoms with Gasteiger partial charge in [0, 0.05) is 17.8 Å². The molecule has 4 heteroatoms. The SMILES string of the molecule is CCCNCC(O)Cc1nc(C)c(C)s1. The molecule has 1 heterocycles. The Morgan fingerprint density at radius 3 is 2.73 bits per heavy atom. The fourth-order valence-corrected chi connectivity index (χ4v) is 2.35. The van der Waals surface area contributed by atoms with Crippen molar-refractivity contribution in [3.63, 3.8) is 0 Å². The van der Waals surface area contributed by atoms with Crippen LogP contribution in [0.2, 0.25) is 0 Å². The summed E-state index contributed by atoms with van der Waals surface area (Å²) >= 11 is 1.68. The minimum Gasteiger partial charge on any atom is -0.391 e. The van der Waals surface area contributed by atoms with Gasteiger partial charge in [-0.2, -0.15) is 0 Å². The summed E-state index contributed by atoms with van der Waals surface area (Å²) in [6.45, 7) is 7.82. The molecule has 0 bridgehead atoms. The summed E-state index contributed by atoms with van der Waals surface area (Å²) in [4.78, 5) is 5.66. The topological polar surface area (TPSA) is 45.1 Å². The van der Waals surface area contributed by atoms with E-state index in [9.17, 15) is 5.11 Å². The first-order chi connectivity index (χ1) is 7.13. The van der Waals surface area contributed by atoms with Gasteiger partial charge < -0.3 is 10.4 Å². The minimum atomic E-state index is -0.318. The third-order valence-corrected chi connectivity index (χ3v) is 3.38. The van der Waals surface area contributed by atoms with Crippen molar-refractivity contribution < 1.29 is 5.11 Å². The van der Waals surface area contributed by atoms with E-state index in [1.807, 2.05) is 6.92 Å². The number of hydrogen-bond donors (Lipinski definition) is 2. The molecule has 0 fully saturated rings. The molecular formula is C11H20N2OS. The molecule has 0 saturated heterocycles. The maximum Gasteiger partial charge on any atom is 0.0957 e. The molecule has 1 aromatic heterocycles. The third-order valence-electron chi connectivity index (χ3n) is 2.29. The van der Waals surface area contributed by atoms with Crippen LogP contribution in [0.4, 0.5) is 0 Å². The monoisotopic (exact) mass is 228 g/mol. The molecule has 1 unspecified atom stereocenters. The van der Waals surface area contributed by atoms with Crippen LogP contribution >= 0.6 is 11.3 Å². The molecule has 2 N–H and O–H groups in total. The lowest BCUT2D eigenvalue weighted by molar-refractivity contribution is 0.172. The second kappa shape index (κ2) is 6.20. The Hall–Kier alpha value is -0.450. The molecule has 15 heavy (non-hydrogen) atoms. The van der Waals surface area contributed by atoms with Gasteiger partial charge in [-0.25, -0.2) is 4.98 Å². The Morgan fingerprint density at radius 2 is 2.20 bits per heavy atom. The van der Waals surface area contributed by atoms with Crippen molar-refractivity contribution in [1.29, 1.82) is 0 Å². The number of rotatable bonds is 6. The smallest absolute Gasteiger partial charge is 0.0957 e. The van der Waals surface area contributed by atoms with E-state index in [1.165, 1.54) is 4.88 Å². The number of thiazole rings is 1. The first-order valence-electron chi connectivity index (χ1n) is 5.45. The summed E-state index contributed by atoms with van der Waals surface area (Å²) in [6.07, 6.45) is 1.44. The average molecular weight is 228 g/mol. The van der Waals surface area contributed by atoms with Gasteiger partial charge in [-0.15, -0.1) is 11.3 Å². The maximum absolute atomic E-state index is 9.73. The maximum atomic E-state index is 9.73. The molecule has 0 aromatic carbocycles. The van der Waals surface area contributed by atoms with E-state index in [0.717, 1.165) is 23.7 Å². The van der Waals surface area contributed by atoms with Crippen molar-refractivity contribution in [3.05, 3.63) is 15.6 Å². The van der Waals surface area contributed by atoms with Crippen LogP contribution in [-0.4, -0.2) is 29.3 Å². The van der Waals surface area contributed by atoms with Gasteiger partial charge in [0.15, 0.2) is 0 Å². The lowest BCUT2D eigenvalue weighted by Gasteiger charge is -2.09. The van der Waals surface area contributed by atoms with Gasteiger partial charge in [0.25, 0.3) is 0 Å². The second-order valence-corrected chi connectivity index (χ2v) is 5.10. The molecule has 1 rings (SSSR count). The van der Waals surface area contributed by atoms with Gasteiger partial charge >= 0.3 is 0 Å². The zero-order chi connectivity index (χ0) is 11.3. The van der Waals surface area contributed by atoms with Gasteiger partial charge in [0.05, 0.1) is 16.8 Å². The fourth-order valence-electron chi connectivity index (χ4n) is 1.35. The Balaban J connectivity index is 2.34. The minimum absolute atomic E-state index is 0.318. The van der Waals surface area contributed by atoms with Crippen LogP contribution in [0, 0.1) is 13.8 Å². The van der Waals surface area contributed by atoms with Crippen molar-refractivity contribution in [3.8, 4) is 0 Å². The van der Waals surface area contributed by atoms with E-state index in [-0.39, 0.29) is 6.10 Å².